The van der Waals surface area contributed by atoms with Crippen molar-refractivity contribution in [1.29, 1.82) is 5.26 Å². The molecule has 0 saturated carbocycles. The first-order valence-corrected chi connectivity index (χ1v) is 14.4. The summed E-state index contributed by atoms with van der Waals surface area (Å²) in [4.78, 5) is 41.1. The van der Waals surface area contributed by atoms with Crippen LogP contribution < -0.4 is 20.9 Å². The van der Waals surface area contributed by atoms with Crippen molar-refractivity contribution in [3.05, 3.63) is 109 Å². The average Bonchev–Trinajstić information content (AvgIpc) is 3.25. The number of aliphatic hydroxyl groups excluding tert-OH is 2. The van der Waals surface area contributed by atoms with Crippen LogP contribution >= 0.6 is 7.75 Å². The van der Waals surface area contributed by atoms with E-state index in [0.29, 0.717) is 5.56 Å². The lowest BCUT2D eigenvalue weighted by atomic mass is 10.1. The molecule has 0 amide bonds. The lowest BCUT2D eigenvalue weighted by Gasteiger charge is -2.29. The fourth-order valence-electron chi connectivity index (χ4n) is 4.07. The molecule has 0 bridgehead atoms. The van der Waals surface area contributed by atoms with Gasteiger partial charge in [0, 0.05) is 17.2 Å². The topological polar surface area (TPSA) is 251 Å². The van der Waals surface area contributed by atoms with Gasteiger partial charge in [-0.1, -0.05) is 35.4 Å². The smallest absolute Gasteiger partial charge is 0.459 e. The van der Waals surface area contributed by atoms with Gasteiger partial charge >= 0.3 is 19.4 Å². The van der Waals surface area contributed by atoms with E-state index in [1.807, 2.05) is 11.1 Å². The number of aliphatic hydroxyl groups is 2. The number of esters is 1. The SMILES string of the molecule is C[C@H](NP(=O)(OC[C@@]1(N=[N+]=[N-])O[C@@H](n2ccc(=O)[nH]c2=O)[C@H](O)[C@@H]1O)Oc1ccc(C#N)cc1)C(=O)OCc1ccccc1. The zero-order valence-electron chi connectivity index (χ0n) is 22.9. The molecule has 0 spiro atoms. The van der Waals surface area contributed by atoms with Crippen LogP contribution in [0.5, 0.6) is 5.75 Å². The molecule has 3 aromatic rings. The van der Waals surface area contributed by atoms with E-state index < -0.39 is 61.8 Å². The number of aromatic nitrogens is 2. The predicted molar refractivity (Wildman–Crippen MR) is 150 cm³/mol. The minimum absolute atomic E-state index is 0.0619. The highest BCUT2D eigenvalue weighted by Crippen LogP contribution is 2.48. The number of carbonyl (C=O) groups is 1. The van der Waals surface area contributed by atoms with Crippen molar-refractivity contribution in [2.45, 2.75) is 43.7 Å². The fraction of sp³-hybridized carbons (Fsp3) is 0.308. The standard InChI is InChI=1S/C26H26N7O10P/c1-16(24(37)40-14-18-5-3-2-4-6-18)30-44(39,43-19-9-7-17(13-27)8-10-19)41-15-26(31-32-28)22(36)21(35)23(42-26)33-12-11-20(34)29-25(33)38/h2-12,16,21-23,35-36H,14-15H2,1H3,(H,30,39)(H,29,34,38)/t16-,21+,22-,23+,26+,44?/m0/s1. The summed E-state index contributed by atoms with van der Waals surface area (Å²) in [5.41, 5.74) is 5.97. The number of aromatic amines is 1. The lowest BCUT2D eigenvalue weighted by molar-refractivity contribution is -0.146. The second-order valence-electron chi connectivity index (χ2n) is 9.44. The Labute approximate surface area is 248 Å². The molecule has 2 heterocycles. The molecule has 1 saturated heterocycles. The Morgan fingerprint density at radius 1 is 1.25 bits per heavy atom. The Morgan fingerprint density at radius 3 is 2.59 bits per heavy atom. The molecule has 0 aliphatic carbocycles. The van der Waals surface area contributed by atoms with Gasteiger partial charge in [-0.05, 0) is 42.3 Å². The summed E-state index contributed by atoms with van der Waals surface area (Å²) >= 11 is 0. The van der Waals surface area contributed by atoms with Crippen molar-refractivity contribution in [2.75, 3.05) is 6.61 Å². The minimum atomic E-state index is -4.65. The van der Waals surface area contributed by atoms with E-state index in [9.17, 15) is 34.7 Å². The molecular formula is C26H26N7O10P. The average molecular weight is 628 g/mol. The van der Waals surface area contributed by atoms with Gasteiger partial charge in [-0.25, -0.2) is 9.36 Å². The number of nitriles is 1. The molecule has 0 radical (unpaired) electrons. The summed E-state index contributed by atoms with van der Waals surface area (Å²) in [5, 5.41) is 36.4. The first-order chi connectivity index (χ1) is 21.0. The van der Waals surface area contributed by atoms with Gasteiger partial charge in [-0.15, -0.1) is 0 Å². The molecule has 1 aromatic heterocycles. The number of H-pyrrole nitrogens is 1. The van der Waals surface area contributed by atoms with E-state index in [2.05, 4.69) is 15.1 Å². The Balaban J connectivity index is 1.58. The first kappa shape index (κ1) is 32.1. The van der Waals surface area contributed by atoms with E-state index in [-0.39, 0.29) is 17.9 Å². The van der Waals surface area contributed by atoms with Crippen LogP contribution in [0.15, 0.2) is 81.6 Å². The van der Waals surface area contributed by atoms with E-state index in [1.165, 1.54) is 31.2 Å². The van der Waals surface area contributed by atoms with Gasteiger partial charge < -0.3 is 24.2 Å². The van der Waals surface area contributed by atoms with Crippen LogP contribution in [-0.2, 0) is 30.0 Å². The maximum absolute atomic E-state index is 14.0. The summed E-state index contributed by atoms with van der Waals surface area (Å²) < 4.78 is 36.7. The van der Waals surface area contributed by atoms with Gasteiger partial charge in [0.15, 0.2) is 6.23 Å². The van der Waals surface area contributed by atoms with Crippen molar-refractivity contribution in [1.82, 2.24) is 14.6 Å². The van der Waals surface area contributed by atoms with E-state index in [4.69, 9.17) is 23.8 Å². The van der Waals surface area contributed by atoms with Crippen LogP contribution in [0.3, 0.4) is 0 Å². The number of nitrogens with one attached hydrogen (secondary N) is 2. The molecule has 6 atom stereocenters. The highest BCUT2D eigenvalue weighted by molar-refractivity contribution is 7.52. The summed E-state index contributed by atoms with van der Waals surface area (Å²) in [7, 11) is -4.65. The summed E-state index contributed by atoms with van der Waals surface area (Å²) in [6.07, 6.45) is -4.63. The zero-order valence-corrected chi connectivity index (χ0v) is 23.8. The Hall–Kier alpha value is -4.78. The van der Waals surface area contributed by atoms with Crippen LogP contribution in [0.4, 0.5) is 0 Å². The van der Waals surface area contributed by atoms with Crippen molar-refractivity contribution in [2.24, 2.45) is 5.11 Å². The number of rotatable bonds is 12. The van der Waals surface area contributed by atoms with Crippen molar-refractivity contribution in [3.63, 3.8) is 0 Å². The predicted octanol–water partition coefficient (Wildman–Crippen LogP) is 1.59. The summed E-state index contributed by atoms with van der Waals surface area (Å²) in [6, 6.07) is 15.7. The van der Waals surface area contributed by atoms with E-state index in [1.54, 1.807) is 30.3 Å². The second kappa shape index (κ2) is 13.7. The molecule has 1 unspecified atom stereocenters. The Morgan fingerprint density at radius 2 is 1.95 bits per heavy atom. The molecular weight excluding hydrogens is 601 g/mol. The number of hydrogen-bond donors (Lipinski definition) is 4. The maximum Gasteiger partial charge on any atom is 0.459 e. The normalized spacial score (nSPS) is 23.0. The van der Waals surface area contributed by atoms with Crippen LogP contribution in [0, 0.1) is 11.3 Å². The molecule has 1 aliphatic heterocycles. The molecule has 1 aliphatic rings. The maximum atomic E-state index is 14.0. The van der Waals surface area contributed by atoms with Crippen molar-refractivity contribution >= 4 is 13.7 Å². The summed E-state index contributed by atoms with van der Waals surface area (Å²) in [5.74, 6) is -0.899. The molecule has 4 N–H and O–H groups in total. The highest BCUT2D eigenvalue weighted by Gasteiger charge is 2.56. The molecule has 1 fully saturated rings. The first-order valence-electron chi connectivity index (χ1n) is 12.8. The molecule has 17 nitrogen and oxygen atoms in total. The van der Waals surface area contributed by atoms with Crippen molar-refractivity contribution in [3.8, 4) is 11.8 Å². The quantitative estimate of drug-likeness (QED) is 0.0734. The monoisotopic (exact) mass is 627 g/mol. The third kappa shape index (κ3) is 7.40. The van der Waals surface area contributed by atoms with Gasteiger partial charge in [-0.2, -0.15) is 10.3 Å². The van der Waals surface area contributed by atoms with Gasteiger partial charge in [0.2, 0.25) is 5.72 Å². The van der Waals surface area contributed by atoms with Gasteiger partial charge in [0.25, 0.3) is 5.56 Å². The van der Waals surface area contributed by atoms with Crippen molar-refractivity contribution < 1.29 is 38.1 Å². The Bertz CT molecular complexity index is 1740. The van der Waals surface area contributed by atoms with Gasteiger partial charge in [0.05, 0.1) is 18.2 Å². The van der Waals surface area contributed by atoms with Crippen LogP contribution in [0.2, 0.25) is 0 Å². The Kier molecular flexibility index (Phi) is 9.99. The number of benzene rings is 2. The molecule has 18 heteroatoms. The fourth-order valence-corrected chi connectivity index (χ4v) is 5.58. The third-order valence-corrected chi connectivity index (χ3v) is 7.95. The van der Waals surface area contributed by atoms with Crippen LogP contribution in [0.25, 0.3) is 10.4 Å². The highest BCUT2D eigenvalue weighted by atomic mass is 31.2. The second-order valence-corrected chi connectivity index (χ2v) is 11.1. The number of nitrogens with zero attached hydrogens (tertiary/aromatic N) is 5. The number of hydrogen-bond acceptors (Lipinski definition) is 12. The molecule has 2 aromatic carbocycles. The van der Waals surface area contributed by atoms with Gasteiger partial charge in [-0.3, -0.25) is 23.7 Å². The van der Waals surface area contributed by atoms with Gasteiger partial charge in [0.1, 0.15) is 30.6 Å². The number of carbonyl (C=O) groups excluding carboxylic acids is 1. The van der Waals surface area contributed by atoms with Crippen LogP contribution in [-0.4, -0.2) is 56.3 Å². The number of azide groups is 1. The zero-order chi connectivity index (χ0) is 31.9. The minimum Gasteiger partial charge on any atom is -0.460 e. The molecule has 4 rings (SSSR count). The third-order valence-electron chi connectivity index (χ3n) is 6.32. The van der Waals surface area contributed by atoms with Crippen LogP contribution in [0.1, 0.15) is 24.3 Å². The molecule has 44 heavy (non-hydrogen) atoms. The van der Waals surface area contributed by atoms with E-state index >= 15 is 0 Å². The molecule has 230 valence electrons. The summed E-state index contributed by atoms with van der Waals surface area (Å²) in [6.45, 7) is 0.199. The largest absolute Gasteiger partial charge is 0.460 e. The number of ether oxygens (including phenoxy) is 2. The lowest BCUT2D eigenvalue weighted by Crippen LogP contribution is -2.45. The van der Waals surface area contributed by atoms with E-state index in [0.717, 1.165) is 16.8 Å².